The van der Waals surface area contributed by atoms with E-state index in [1.165, 1.54) is 38.2 Å². The zero-order valence-corrected chi connectivity index (χ0v) is 13.7. The standard InChI is InChI=1S/C17H31NO3/c1-4-5-6-7-8-9-10-11-12-16(19)18-15(17(20)21)13-14(2)3/h11-12,14-15H,4-10,13H2,1-3H3,(H,18,19)(H,20,21)/b12-11+. The maximum atomic E-state index is 11.7. The third-order valence-corrected chi connectivity index (χ3v) is 3.32. The number of nitrogens with one attached hydrogen (secondary N) is 1. The fraction of sp³-hybridized carbons (Fsp3) is 0.765. The Labute approximate surface area is 129 Å². The molecule has 0 saturated heterocycles. The average Bonchev–Trinajstić information content (AvgIpc) is 2.40. The van der Waals surface area contributed by atoms with E-state index in [0.29, 0.717) is 6.42 Å². The van der Waals surface area contributed by atoms with Crippen LogP contribution in [0.25, 0.3) is 0 Å². The molecule has 1 amide bonds. The van der Waals surface area contributed by atoms with Crippen LogP contribution in [0.4, 0.5) is 0 Å². The van der Waals surface area contributed by atoms with Crippen LogP contribution in [0.15, 0.2) is 12.2 Å². The Morgan fingerprint density at radius 3 is 2.29 bits per heavy atom. The van der Waals surface area contributed by atoms with Gasteiger partial charge >= 0.3 is 5.97 Å². The van der Waals surface area contributed by atoms with Gasteiger partial charge in [-0.3, -0.25) is 4.79 Å². The molecule has 0 aromatic carbocycles. The number of aliphatic carboxylic acids is 1. The third kappa shape index (κ3) is 12.2. The van der Waals surface area contributed by atoms with Crippen molar-refractivity contribution >= 4 is 11.9 Å². The van der Waals surface area contributed by atoms with Crippen LogP contribution in [-0.2, 0) is 9.59 Å². The lowest BCUT2D eigenvalue weighted by Gasteiger charge is -2.15. The predicted octanol–water partition coefficient (Wildman–Crippen LogP) is 3.91. The SMILES string of the molecule is CCCCCCCC/C=C/C(=O)NC(CC(C)C)C(=O)O. The maximum Gasteiger partial charge on any atom is 0.326 e. The molecule has 0 aliphatic carbocycles. The van der Waals surface area contributed by atoms with Gasteiger partial charge in [0.2, 0.25) is 5.91 Å². The number of carbonyl (C=O) groups excluding carboxylic acids is 1. The smallest absolute Gasteiger partial charge is 0.326 e. The Morgan fingerprint density at radius 1 is 1.10 bits per heavy atom. The lowest BCUT2D eigenvalue weighted by Crippen LogP contribution is -2.40. The molecular weight excluding hydrogens is 266 g/mol. The van der Waals surface area contributed by atoms with Gasteiger partial charge in [-0.25, -0.2) is 4.79 Å². The molecule has 21 heavy (non-hydrogen) atoms. The highest BCUT2D eigenvalue weighted by molar-refractivity contribution is 5.91. The summed E-state index contributed by atoms with van der Waals surface area (Å²) in [5, 5.41) is 11.6. The lowest BCUT2D eigenvalue weighted by atomic mass is 10.0. The van der Waals surface area contributed by atoms with Gasteiger partial charge in [-0.05, 0) is 31.3 Å². The highest BCUT2D eigenvalue weighted by Crippen LogP contribution is 2.07. The number of hydrogen-bond acceptors (Lipinski definition) is 2. The lowest BCUT2D eigenvalue weighted by molar-refractivity contribution is -0.141. The average molecular weight is 297 g/mol. The molecular formula is C17H31NO3. The number of rotatable bonds is 12. The first-order chi connectivity index (χ1) is 9.97. The van der Waals surface area contributed by atoms with E-state index in [-0.39, 0.29) is 11.8 Å². The van der Waals surface area contributed by atoms with Crippen molar-refractivity contribution in [2.45, 2.75) is 78.2 Å². The molecule has 1 atom stereocenters. The highest BCUT2D eigenvalue weighted by Gasteiger charge is 2.19. The molecule has 0 aliphatic heterocycles. The second-order valence-corrected chi connectivity index (χ2v) is 5.99. The number of amides is 1. The first-order valence-electron chi connectivity index (χ1n) is 8.17. The van der Waals surface area contributed by atoms with Crippen LogP contribution in [0.5, 0.6) is 0 Å². The minimum absolute atomic E-state index is 0.235. The van der Waals surface area contributed by atoms with E-state index in [9.17, 15) is 9.59 Å². The number of carboxylic acid groups (broad SMARTS) is 1. The van der Waals surface area contributed by atoms with Crippen LogP contribution in [0.2, 0.25) is 0 Å². The molecule has 0 aromatic heterocycles. The molecule has 0 aliphatic rings. The molecule has 0 bridgehead atoms. The molecule has 2 N–H and O–H groups in total. The van der Waals surface area contributed by atoms with E-state index in [1.54, 1.807) is 0 Å². The molecule has 1 unspecified atom stereocenters. The molecule has 0 aromatic rings. The molecule has 4 heteroatoms. The monoisotopic (exact) mass is 297 g/mol. The Balaban J connectivity index is 3.85. The molecule has 4 nitrogen and oxygen atoms in total. The summed E-state index contributed by atoms with van der Waals surface area (Å²) < 4.78 is 0. The van der Waals surface area contributed by atoms with E-state index in [2.05, 4.69) is 12.2 Å². The summed E-state index contributed by atoms with van der Waals surface area (Å²) >= 11 is 0. The highest BCUT2D eigenvalue weighted by atomic mass is 16.4. The number of carbonyl (C=O) groups is 2. The zero-order chi connectivity index (χ0) is 16.1. The molecule has 0 fully saturated rings. The third-order valence-electron chi connectivity index (χ3n) is 3.32. The van der Waals surface area contributed by atoms with Gasteiger partial charge < -0.3 is 10.4 Å². The van der Waals surface area contributed by atoms with Gasteiger partial charge in [0, 0.05) is 0 Å². The fourth-order valence-electron chi connectivity index (χ4n) is 2.15. The number of carboxylic acids is 1. The van der Waals surface area contributed by atoms with Crippen molar-refractivity contribution in [1.82, 2.24) is 5.32 Å². The largest absolute Gasteiger partial charge is 0.480 e. The number of allylic oxidation sites excluding steroid dienone is 1. The van der Waals surface area contributed by atoms with Crippen molar-refractivity contribution in [3.8, 4) is 0 Å². The summed E-state index contributed by atoms with van der Waals surface area (Å²) in [5.74, 6) is -1.05. The summed E-state index contributed by atoms with van der Waals surface area (Å²) in [7, 11) is 0. The van der Waals surface area contributed by atoms with Gasteiger partial charge in [0.25, 0.3) is 0 Å². The van der Waals surface area contributed by atoms with Gasteiger partial charge in [-0.15, -0.1) is 0 Å². The maximum absolute atomic E-state index is 11.7. The van der Waals surface area contributed by atoms with Crippen molar-refractivity contribution in [3.63, 3.8) is 0 Å². The molecule has 0 rings (SSSR count). The van der Waals surface area contributed by atoms with Crippen molar-refractivity contribution in [2.24, 2.45) is 5.92 Å². The quantitative estimate of drug-likeness (QED) is 0.424. The molecule has 0 heterocycles. The molecule has 122 valence electrons. The van der Waals surface area contributed by atoms with E-state index in [1.807, 2.05) is 19.9 Å². The number of hydrogen-bond donors (Lipinski definition) is 2. The summed E-state index contributed by atoms with van der Waals surface area (Å²) in [4.78, 5) is 22.7. The van der Waals surface area contributed by atoms with Crippen LogP contribution in [0.3, 0.4) is 0 Å². The van der Waals surface area contributed by atoms with E-state index < -0.39 is 12.0 Å². The molecule has 0 radical (unpaired) electrons. The second-order valence-electron chi connectivity index (χ2n) is 5.99. The summed E-state index contributed by atoms with van der Waals surface area (Å²) in [6.07, 6.45) is 12.0. The van der Waals surface area contributed by atoms with Crippen LogP contribution < -0.4 is 5.32 Å². The summed E-state index contributed by atoms with van der Waals surface area (Å²) in [6.45, 7) is 6.08. The first kappa shape index (κ1) is 19.7. The fourth-order valence-corrected chi connectivity index (χ4v) is 2.15. The van der Waals surface area contributed by atoms with Crippen LogP contribution >= 0.6 is 0 Å². The molecule has 0 saturated carbocycles. The van der Waals surface area contributed by atoms with E-state index in [0.717, 1.165) is 12.8 Å². The van der Waals surface area contributed by atoms with Gasteiger partial charge in [0.1, 0.15) is 6.04 Å². The van der Waals surface area contributed by atoms with Gasteiger partial charge in [0.15, 0.2) is 0 Å². The Hall–Kier alpha value is -1.32. The van der Waals surface area contributed by atoms with Crippen LogP contribution in [-0.4, -0.2) is 23.0 Å². The normalized spacial score (nSPS) is 12.8. The van der Waals surface area contributed by atoms with Gasteiger partial charge in [-0.2, -0.15) is 0 Å². The van der Waals surface area contributed by atoms with Crippen LogP contribution in [0.1, 0.15) is 72.1 Å². The Morgan fingerprint density at radius 2 is 1.71 bits per heavy atom. The van der Waals surface area contributed by atoms with Gasteiger partial charge in [-0.1, -0.05) is 59.0 Å². The zero-order valence-electron chi connectivity index (χ0n) is 13.7. The Kier molecular flexibility index (Phi) is 11.6. The Bertz CT molecular complexity index is 324. The first-order valence-corrected chi connectivity index (χ1v) is 8.17. The second kappa shape index (κ2) is 12.4. The topological polar surface area (TPSA) is 66.4 Å². The van der Waals surface area contributed by atoms with E-state index in [4.69, 9.17) is 5.11 Å². The molecule has 0 spiro atoms. The van der Waals surface area contributed by atoms with Gasteiger partial charge in [0.05, 0.1) is 0 Å². The van der Waals surface area contributed by atoms with E-state index >= 15 is 0 Å². The van der Waals surface area contributed by atoms with Crippen molar-refractivity contribution in [1.29, 1.82) is 0 Å². The van der Waals surface area contributed by atoms with Crippen LogP contribution in [0, 0.1) is 5.92 Å². The predicted molar refractivity (Wildman–Crippen MR) is 86.2 cm³/mol. The summed E-state index contributed by atoms with van der Waals surface area (Å²) in [5.41, 5.74) is 0. The minimum atomic E-state index is -0.971. The number of unbranched alkanes of at least 4 members (excludes halogenated alkanes) is 6. The van der Waals surface area contributed by atoms with Crippen molar-refractivity contribution in [2.75, 3.05) is 0 Å². The van der Waals surface area contributed by atoms with Crippen molar-refractivity contribution < 1.29 is 14.7 Å². The van der Waals surface area contributed by atoms with Crippen molar-refractivity contribution in [3.05, 3.63) is 12.2 Å². The minimum Gasteiger partial charge on any atom is -0.480 e. The summed E-state index contributed by atoms with van der Waals surface area (Å²) in [6, 6.07) is -0.795.